The van der Waals surface area contributed by atoms with Gasteiger partial charge in [0.15, 0.2) is 0 Å². The van der Waals surface area contributed by atoms with E-state index in [0.717, 1.165) is 31.0 Å². The van der Waals surface area contributed by atoms with Crippen molar-refractivity contribution >= 4 is 29.4 Å². The van der Waals surface area contributed by atoms with Crippen LogP contribution in [-0.2, 0) is 4.79 Å². The summed E-state index contributed by atoms with van der Waals surface area (Å²) in [7, 11) is -1.55. The van der Waals surface area contributed by atoms with Crippen LogP contribution in [0.4, 0.5) is 0 Å². The van der Waals surface area contributed by atoms with Crippen LogP contribution in [0.1, 0.15) is 25.7 Å². The summed E-state index contributed by atoms with van der Waals surface area (Å²) in [5.41, 5.74) is 0. The zero-order valence-electron chi connectivity index (χ0n) is 10.2. The highest BCUT2D eigenvalue weighted by atomic mass is 79.9. The Labute approximate surface area is 103 Å². The monoisotopic (exact) mass is 290 g/mol. The van der Waals surface area contributed by atoms with Crippen LogP contribution in [0.2, 0.25) is 19.6 Å². The largest absolute Gasteiger partial charge is 0.305 e. The Morgan fingerprint density at radius 1 is 1.40 bits per heavy atom. The first-order chi connectivity index (χ1) is 6.91. The van der Waals surface area contributed by atoms with Crippen molar-refractivity contribution in [2.75, 3.05) is 5.33 Å². The molecule has 0 rings (SSSR count). The number of rotatable bonds is 8. The maximum absolute atomic E-state index is 11.8. The molecule has 0 aliphatic rings. The fourth-order valence-corrected chi connectivity index (χ4v) is 2.90. The second-order valence-corrected chi connectivity index (χ2v) is 10.8. The molecular weight excluding hydrogens is 268 g/mol. The Kier molecular flexibility index (Phi) is 7.44. The van der Waals surface area contributed by atoms with Crippen LogP contribution in [0.15, 0.2) is 12.7 Å². The number of hydrogen-bond acceptors (Lipinski definition) is 1. The Bertz CT molecular complexity index is 208. The highest BCUT2D eigenvalue weighted by molar-refractivity contribution is 9.09. The Balaban J connectivity index is 3.90. The number of allylic oxidation sites excluding steroid dienone is 1. The predicted octanol–water partition coefficient (Wildman–Crippen LogP) is 4.19. The van der Waals surface area contributed by atoms with Gasteiger partial charge >= 0.3 is 0 Å². The summed E-state index contributed by atoms with van der Waals surface area (Å²) in [5, 5.41) is 1.51. The van der Waals surface area contributed by atoms with Crippen molar-refractivity contribution < 1.29 is 4.79 Å². The lowest BCUT2D eigenvalue weighted by Crippen LogP contribution is -2.33. The molecule has 3 heteroatoms. The molecule has 1 nitrogen and oxygen atoms in total. The van der Waals surface area contributed by atoms with Gasteiger partial charge in [-0.3, -0.25) is 0 Å². The number of halogens is 1. The molecule has 0 radical (unpaired) electrons. The molecule has 0 saturated heterocycles. The maximum Gasteiger partial charge on any atom is 0.123 e. The van der Waals surface area contributed by atoms with E-state index >= 15 is 0 Å². The third-order valence-corrected chi connectivity index (χ3v) is 5.45. The van der Waals surface area contributed by atoms with Crippen molar-refractivity contribution in [3.05, 3.63) is 12.7 Å². The molecule has 0 spiro atoms. The molecular formula is C12H23BrOSi. The molecule has 0 aromatic rings. The molecule has 88 valence electrons. The summed E-state index contributed by atoms with van der Waals surface area (Å²) in [6.07, 6.45) is 5.95. The summed E-state index contributed by atoms with van der Waals surface area (Å²) in [6, 6.07) is 0. The fourth-order valence-electron chi connectivity index (χ4n) is 1.36. The highest BCUT2D eigenvalue weighted by Gasteiger charge is 2.24. The van der Waals surface area contributed by atoms with Crippen molar-refractivity contribution in [2.24, 2.45) is 5.92 Å². The number of alkyl halides is 1. The van der Waals surface area contributed by atoms with Crippen molar-refractivity contribution in [1.29, 1.82) is 0 Å². The maximum atomic E-state index is 11.8. The van der Waals surface area contributed by atoms with Crippen LogP contribution in [-0.4, -0.2) is 18.8 Å². The Hall–Kier alpha value is 0.107. The SMILES string of the molecule is C=CCCC(CBr)CCC(=O)[Si](C)(C)C. The van der Waals surface area contributed by atoms with Crippen LogP contribution in [0.3, 0.4) is 0 Å². The van der Waals surface area contributed by atoms with Crippen LogP contribution < -0.4 is 0 Å². The van der Waals surface area contributed by atoms with Gasteiger partial charge in [0, 0.05) is 11.8 Å². The third kappa shape index (κ3) is 7.07. The molecule has 0 aliphatic carbocycles. The molecule has 0 heterocycles. The van der Waals surface area contributed by atoms with E-state index in [-0.39, 0.29) is 0 Å². The van der Waals surface area contributed by atoms with Gasteiger partial charge in [-0.05, 0) is 25.2 Å². The third-order valence-electron chi connectivity index (χ3n) is 2.61. The summed E-state index contributed by atoms with van der Waals surface area (Å²) in [5.74, 6) is 0.628. The number of carbonyl (C=O) groups excluding carboxylic acids is 1. The normalized spacial score (nSPS) is 13.6. The van der Waals surface area contributed by atoms with Gasteiger partial charge in [-0.2, -0.15) is 0 Å². The van der Waals surface area contributed by atoms with Gasteiger partial charge in [0.25, 0.3) is 0 Å². The Morgan fingerprint density at radius 3 is 2.40 bits per heavy atom. The molecule has 0 aliphatic heterocycles. The minimum absolute atomic E-state index is 0.507. The standard InChI is InChI=1S/C12H23BrOSi/c1-5-6-7-11(10-13)8-9-12(14)15(2,3)4/h5,11H,1,6-10H2,2-4H3. The summed E-state index contributed by atoms with van der Waals surface area (Å²) in [4.78, 5) is 11.8. The van der Waals surface area contributed by atoms with E-state index in [4.69, 9.17) is 0 Å². The van der Waals surface area contributed by atoms with E-state index in [0.29, 0.717) is 11.3 Å². The predicted molar refractivity (Wildman–Crippen MR) is 74.3 cm³/mol. The van der Waals surface area contributed by atoms with Crippen LogP contribution in [0.5, 0.6) is 0 Å². The van der Waals surface area contributed by atoms with E-state index in [1.807, 2.05) is 6.08 Å². The van der Waals surface area contributed by atoms with E-state index in [9.17, 15) is 4.79 Å². The zero-order chi connectivity index (χ0) is 11.9. The lowest BCUT2D eigenvalue weighted by Gasteiger charge is -2.17. The van der Waals surface area contributed by atoms with E-state index in [1.54, 1.807) is 0 Å². The quantitative estimate of drug-likeness (QED) is 0.372. The molecule has 15 heavy (non-hydrogen) atoms. The first kappa shape index (κ1) is 15.1. The number of carbonyl (C=O) groups is 1. The highest BCUT2D eigenvalue weighted by Crippen LogP contribution is 2.18. The van der Waals surface area contributed by atoms with Gasteiger partial charge in [0.1, 0.15) is 13.5 Å². The van der Waals surface area contributed by atoms with E-state index < -0.39 is 8.07 Å². The van der Waals surface area contributed by atoms with Gasteiger partial charge in [-0.1, -0.05) is 41.6 Å². The van der Waals surface area contributed by atoms with Crippen LogP contribution in [0.25, 0.3) is 0 Å². The van der Waals surface area contributed by atoms with E-state index in [2.05, 4.69) is 42.1 Å². The van der Waals surface area contributed by atoms with Crippen LogP contribution >= 0.6 is 15.9 Å². The Morgan fingerprint density at radius 2 is 2.00 bits per heavy atom. The zero-order valence-corrected chi connectivity index (χ0v) is 12.8. The first-order valence-electron chi connectivity index (χ1n) is 5.62. The van der Waals surface area contributed by atoms with Crippen LogP contribution in [0, 0.1) is 5.92 Å². The van der Waals surface area contributed by atoms with Gasteiger partial charge < -0.3 is 4.79 Å². The molecule has 1 atom stereocenters. The molecule has 0 N–H and O–H groups in total. The van der Waals surface area contributed by atoms with Crippen molar-refractivity contribution in [3.63, 3.8) is 0 Å². The van der Waals surface area contributed by atoms with Gasteiger partial charge in [0.05, 0.1) is 0 Å². The van der Waals surface area contributed by atoms with Gasteiger partial charge in [-0.15, -0.1) is 6.58 Å². The summed E-state index contributed by atoms with van der Waals surface area (Å²) in [6.45, 7) is 10.1. The lowest BCUT2D eigenvalue weighted by atomic mass is 10.0. The average molecular weight is 291 g/mol. The molecule has 0 bridgehead atoms. The second kappa shape index (κ2) is 7.39. The molecule has 0 amide bonds. The molecule has 0 aromatic carbocycles. The summed E-state index contributed by atoms with van der Waals surface area (Å²) >= 11 is 3.51. The number of hydrogen-bond donors (Lipinski definition) is 0. The second-order valence-electron chi connectivity index (χ2n) is 5.10. The fraction of sp³-hybridized carbons (Fsp3) is 0.750. The first-order valence-corrected chi connectivity index (χ1v) is 10.2. The smallest absolute Gasteiger partial charge is 0.123 e. The molecule has 0 fully saturated rings. The van der Waals surface area contributed by atoms with Crippen molar-refractivity contribution in [3.8, 4) is 0 Å². The topological polar surface area (TPSA) is 17.1 Å². The minimum atomic E-state index is -1.55. The summed E-state index contributed by atoms with van der Waals surface area (Å²) < 4.78 is 0. The van der Waals surface area contributed by atoms with E-state index in [1.165, 1.54) is 0 Å². The molecule has 0 aromatic heterocycles. The van der Waals surface area contributed by atoms with Gasteiger partial charge in [-0.25, -0.2) is 0 Å². The molecule has 1 unspecified atom stereocenters. The lowest BCUT2D eigenvalue weighted by molar-refractivity contribution is -0.112. The molecule has 0 saturated carbocycles. The average Bonchev–Trinajstić information content (AvgIpc) is 2.16. The van der Waals surface area contributed by atoms with Crippen molar-refractivity contribution in [1.82, 2.24) is 0 Å². The van der Waals surface area contributed by atoms with Crippen molar-refractivity contribution in [2.45, 2.75) is 45.3 Å². The van der Waals surface area contributed by atoms with Gasteiger partial charge in [0.2, 0.25) is 0 Å². The minimum Gasteiger partial charge on any atom is -0.305 e.